The molecule has 0 saturated carbocycles. The fraction of sp³-hybridized carbons (Fsp3) is 0.333. The van der Waals surface area contributed by atoms with Crippen molar-refractivity contribution in [3.8, 4) is 0 Å². The first-order valence-corrected chi connectivity index (χ1v) is 5.49. The fourth-order valence-corrected chi connectivity index (χ4v) is 2.09. The van der Waals surface area contributed by atoms with Gasteiger partial charge in [0, 0.05) is 18.7 Å². The predicted octanol–water partition coefficient (Wildman–Crippen LogP) is 1.24. The lowest BCUT2D eigenvalue weighted by molar-refractivity contribution is -0.116. The highest BCUT2D eigenvalue weighted by Gasteiger charge is 2.24. The molecule has 4 heteroatoms. The molecule has 4 nitrogen and oxygen atoms in total. The van der Waals surface area contributed by atoms with E-state index in [4.69, 9.17) is 0 Å². The van der Waals surface area contributed by atoms with Crippen LogP contribution in [0.15, 0.2) is 29.3 Å². The molecule has 1 aromatic rings. The zero-order valence-electron chi connectivity index (χ0n) is 8.94. The Balaban J connectivity index is 1.81. The first-order chi connectivity index (χ1) is 7.83. The van der Waals surface area contributed by atoms with Gasteiger partial charge in [0.2, 0.25) is 0 Å². The van der Waals surface area contributed by atoms with E-state index in [1.54, 1.807) is 0 Å². The number of carbonyl (C=O) groups excluding carboxylic acids is 1. The summed E-state index contributed by atoms with van der Waals surface area (Å²) in [5, 5.41) is 3.28. The van der Waals surface area contributed by atoms with Crippen molar-refractivity contribution in [2.75, 3.05) is 18.4 Å². The molecule has 1 N–H and O–H groups in total. The molecule has 0 aliphatic carbocycles. The molecule has 2 aliphatic heterocycles. The Labute approximate surface area is 94.0 Å². The van der Waals surface area contributed by atoms with Crippen LogP contribution in [0, 0.1) is 0 Å². The molecular formula is C12H13N3O. The second-order valence-electron chi connectivity index (χ2n) is 4.13. The van der Waals surface area contributed by atoms with Crippen molar-refractivity contribution in [2.24, 2.45) is 4.99 Å². The van der Waals surface area contributed by atoms with Crippen LogP contribution in [0.2, 0.25) is 0 Å². The summed E-state index contributed by atoms with van der Waals surface area (Å²) in [5.74, 6) is 1.13. The summed E-state index contributed by atoms with van der Waals surface area (Å²) in [6.45, 7) is 1.98. The van der Waals surface area contributed by atoms with Crippen LogP contribution < -0.4 is 5.32 Å². The number of fused-ring (bicyclic) bond motifs is 1. The number of nitrogens with zero attached hydrogens (tertiary/aromatic N) is 2. The Kier molecular flexibility index (Phi) is 2.13. The number of carbonyl (C=O) groups is 1. The molecule has 2 aliphatic rings. The van der Waals surface area contributed by atoms with Crippen LogP contribution in [0.5, 0.6) is 0 Å². The number of hydrogen-bond donors (Lipinski definition) is 1. The van der Waals surface area contributed by atoms with E-state index in [-0.39, 0.29) is 0 Å². The van der Waals surface area contributed by atoms with Gasteiger partial charge in [0.25, 0.3) is 0 Å². The second-order valence-corrected chi connectivity index (χ2v) is 4.13. The fourth-order valence-electron chi connectivity index (χ4n) is 2.09. The van der Waals surface area contributed by atoms with Gasteiger partial charge >= 0.3 is 0 Å². The number of guanidine groups is 1. The second kappa shape index (κ2) is 3.63. The zero-order valence-corrected chi connectivity index (χ0v) is 8.94. The maximum atomic E-state index is 11.2. The van der Waals surface area contributed by atoms with Gasteiger partial charge in [0.15, 0.2) is 11.7 Å². The number of nitrogens with one attached hydrogen (secondary N) is 1. The zero-order chi connectivity index (χ0) is 11.0. The van der Waals surface area contributed by atoms with Crippen molar-refractivity contribution < 1.29 is 4.79 Å². The predicted molar refractivity (Wildman–Crippen MR) is 62.4 cm³/mol. The molecule has 0 spiro atoms. The molecule has 2 heterocycles. The van der Waals surface area contributed by atoms with Crippen molar-refractivity contribution in [3.63, 3.8) is 0 Å². The summed E-state index contributed by atoms with van der Waals surface area (Å²) in [5.41, 5.74) is 2.31. The first kappa shape index (κ1) is 9.39. The van der Waals surface area contributed by atoms with Crippen LogP contribution in [-0.2, 0) is 11.3 Å². The van der Waals surface area contributed by atoms with E-state index in [0.717, 1.165) is 18.2 Å². The number of Topliss-reactive ketones (excluding diaryl/α,β-unsaturated/α-hetero) is 1. The summed E-state index contributed by atoms with van der Waals surface area (Å²) in [6, 6.07) is 8.13. The molecule has 16 heavy (non-hydrogen) atoms. The van der Waals surface area contributed by atoms with Crippen LogP contribution in [0.25, 0.3) is 0 Å². The maximum Gasteiger partial charge on any atom is 0.199 e. The van der Waals surface area contributed by atoms with E-state index in [1.165, 1.54) is 5.56 Å². The van der Waals surface area contributed by atoms with Gasteiger partial charge in [-0.25, -0.2) is 4.99 Å². The van der Waals surface area contributed by atoms with E-state index < -0.39 is 0 Å². The Morgan fingerprint density at radius 2 is 2.19 bits per heavy atom. The lowest BCUT2D eigenvalue weighted by Crippen LogP contribution is -2.36. The molecule has 0 unspecified atom stereocenters. The van der Waals surface area contributed by atoms with Gasteiger partial charge in [0.1, 0.15) is 0 Å². The van der Waals surface area contributed by atoms with Crippen molar-refractivity contribution in [1.82, 2.24) is 4.90 Å². The smallest absolute Gasteiger partial charge is 0.199 e. The minimum Gasteiger partial charge on any atom is -0.335 e. The molecule has 3 rings (SSSR count). The summed E-state index contributed by atoms with van der Waals surface area (Å²) in [4.78, 5) is 17.7. The lowest BCUT2D eigenvalue weighted by Gasteiger charge is -2.25. The number of likely N-dealkylation sites (tertiary alicyclic amines) is 1. The minimum absolute atomic E-state index is 0.295. The normalized spacial score (nSPS) is 19.1. The Morgan fingerprint density at radius 1 is 1.31 bits per heavy atom. The van der Waals surface area contributed by atoms with E-state index in [0.29, 0.717) is 25.3 Å². The van der Waals surface area contributed by atoms with Crippen LogP contribution in [0.4, 0.5) is 5.69 Å². The van der Waals surface area contributed by atoms with Gasteiger partial charge in [-0.15, -0.1) is 0 Å². The summed E-state index contributed by atoms with van der Waals surface area (Å²) in [7, 11) is 0. The third-order valence-electron chi connectivity index (χ3n) is 2.99. The molecule has 82 valence electrons. The van der Waals surface area contributed by atoms with Gasteiger partial charge in [-0.05, 0) is 11.6 Å². The SMILES string of the molecule is O=C1CCN(C2=NCc3ccccc3N2)C1. The summed E-state index contributed by atoms with van der Waals surface area (Å²) >= 11 is 0. The molecule has 1 saturated heterocycles. The summed E-state index contributed by atoms with van der Waals surface area (Å²) < 4.78 is 0. The minimum atomic E-state index is 0.295. The third kappa shape index (κ3) is 1.56. The highest BCUT2D eigenvalue weighted by molar-refractivity contribution is 5.99. The number of para-hydroxylation sites is 1. The Hall–Kier alpha value is -1.84. The topological polar surface area (TPSA) is 44.7 Å². The number of rotatable bonds is 0. The van der Waals surface area contributed by atoms with Crippen molar-refractivity contribution in [2.45, 2.75) is 13.0 Å². The highest BCUT2D eigenvalue weighted by atomic mass is 16.1. The molecule has 0 atom stereocenters. The van der Waals surface area contributed by atoms with E-state index in [1.807, 2.05) is 23.1 Å². The average Bonchev–Trinajstić information content (AvgIpc) is 2.75. The number of benzene rings is 1. The monoisotopic (exact) mass is 215 g/mol. The van der Waals surface area contributed by atoms with Gasteiger partial charge < -0.3 is 10.2 Å². The largest absolute Gasteiger partial charge is 0.335 e. The number of ketones is 1. The molecule has 1 aromatic carbocycles. The average molecular weight is 215 g/mol. The Bertz CT molecular complexity index is 467. The molecule has 0 amide bonds. The number of aliphatic imine (C=N–C) groups is 1. The van der Waals surface area contributed by atoms with Crippen molar-refractivity contribution in [3.05, 3.63) is 29.8 Å². The van der Waals surface area contributed by atoms with Crippen LogP contribution in [0.3, 0.4) is 0 Å². The molecule has 0 aromatic heterocycles. The van der Waals surface area contributed by atoms with Crippen LogP contribution in [-0.4, -0.2) is 29.7 Å². The van der Waals surface area contributed by atoms with Gasteiger partial charge in [-0.1, -0.05) is 18.2 Å². The van der Waals surface area contributed by atoms with Gasteiger partial charge in [0.05, 0.1) is 13.1 Å². The lowest BCUT2D eigenvalue weighted by atomic mass is 10.1. The third-order valence-corrected chi connectivity index (χ3v) is 2.99. The van der Waals surface area contributed by atoms with E-state index in [2.05, 4.69) is 16.4 Å². The summed E-state index contributed by atoms with van der Waals surface area (Å²) in [6.07, 6.45) is 0.641. The molecule has 1 fully saturated rings. The molecule has 0 radical (unpaired) electrons. The quantitative estimate of drug-likeness (QED) is 0.708. The van der Waals surface area contributed by atoms with Crippen LogP contribution >= 0.6 is 0 Å². The standard InChI is InChI=1S/C12H13N3O/c16-10-5-6-15(8-10)12-13-7-9-3-1-2-4-11(9)14-12/h1-4H,5-8H2,(H,13,14). The van der Waals surface area contributed by atoms with Gasteiger partial charge in [-0.3, -0.25) is 4.79 Å². The van der Waals surface area contributed by atoms with Crippen LogP contribution in [0.1, 0.15) is 12.0 Å². The number of hydrogen-bond acceptors (Lipinski definition) is 4. The molecular weight excluding hydrogens is 202 g/mol. The number of anilines is 1. The van der Waals surface area contributed by atoms with Crippen molar-refractivity contribution >= 4 is 17.4 Å². The maximum absolute atomic E-state index is 11.2. The first-order valence-electron chi connectivity index (χ1n) is 5.49. The van der Waals surface area contributed by atoms with Crippen molar-refractivity contribution in [1.29, 1.82) is 0 Å². The van der Waals surface area contributed by atoms with E-state index in [9.17, 15) is 4.79 Å². The molecule has 0 bridgehead atoms. The van der Waals surface area contributed by atoms with E-state index >= 15 is 0 Å². The highest BCUT2D eigenvalue weighted by Crippen LogP contribution is 2.21. The van der Waals surface area contributed by atoms with Gasteiger partial charge in [-0.2, -0.15) is 0 Å². The Morgan fingerprint density at radius 3 is 3.00 bits per heavy atom.